The summed E-state index contributed by atoms with van der Waals surface area (Å²) in [5, 5.41) is 10.9. The molecule has 4 aromatic heterocycles. The summed E-state index contributed by atoms with van der Waals surface area (Å²) in [5.74, 6) is 1.38. The van der Waals surface area contributed by atoms with Gasteiger partial charge in [0.2, 0.25) is 17.6 Å². The van der Waals surface area contributed by atoms with E-state index in [9.17, 15) is 4.79 Å². The highest BCUT2D eigenvalue weighted by Gasteiger charge is 2.12. The zero-order chi connectivity index (χ0) is 19.2. The average Bonchev–Trinajstić information content (AvgIpc) is 3.44. The second-order valence-electron chi connectivity index (χ2n) is 5.85. The predicted molar refractivity (Wildman–Crippen MR) is 96.9 cm³/mol. The van der Waals surface area contributed by atoms with Gasteiger partial charge in [0.05, 0.1) is 0 Å². The third kappa shape index (κ3) is 4.06. The fraction of sp³-hybridized carbons (Fsp3) is 0.167. The average molecular weight is 376 g/mol. The molecule has 4 heterocycles. The molecule has 10 heteroatoms. The lowest BCUT2D eigenvalue weighted by Gasteiger charge is -2.08. The first-order valence-electron chi connectivity index (χ1n) is 8.58. The molecular weight excluding hydrogens is 360 g/mol. The van der Waals surface area contributed by atoms with Crippen LogP contribution in [-0.4, -0.2) is 40.8 Å². The molecule has 140 valence electrons. The van der Waals surface area contributed by atoms with Crippen LogP contribution in [0.25, 0.3) is 17.2 Å². The summed E-state index contributed by atoms with van der Waals surface area (Å²) in [6.07, 6.45) is 8.56. The van der Waals surface area contributed by atoms with Crippen molar-refractivity contribution in [2.24, 2.45) is 0 Å². The Labute approximate surface area is 159 Å². The first kappa shape index (κ1) is 17.5. The van der Waals surface area contributed by atoms with Crippen molar-refractivity contribution in [1.29, 1.82) is 0 Å². The van der Waals surface area contributed by atoms with Gasteiger partial charge < -0.3 is 9.84 Å². The number of hydrogen-bond acceptors (Lipinski definition) is 8. The van der Waals surface area contributed by atoms with E-state index in [-0.39, 0.29) is 12.3 Å². The number of amides is 1. The van der Waals surface area contributed by atoms with E-state index in [0.717, 1.165) is 11.1 Å². The molecule has 0 unspecified atom stereocenters. The number of aryl methyl sites for hydroxylation is 1. The summed E-state index contributed by atoms with van der Waals surface area (Å²) in [5.41, 5.74) is 1.64. The smallest absolute Gasteiger partial charge is 0.227 e. The lowest BCUT2D eigenvalue weighted by Crippen LogP contribution is -2.24. The molecular formula is C18H16N8O2. The molecule has 0 fully saturated rings. The zero-order valence-electron chi connectivity index (χ0n) is 14.8. The predicted octanol–water partition coefficient (Wildman–Crippen LogP) is 1.36. The first-order chi connectivity index (χ1) is 13.8. The minimum Gasteiger partial charge on any atom is -0.352 e. The van der Waals surface area contributed by atoms with Gasteiger partial charge in [0.15, 0.2) is 5.82 Å². The second-order valence-corrected chi connectivity index (χ2v) is 5.85. The molecule has 0 aromatic carbocycles. The van der Waals surface area contributed by atoms with Crippen LogP contribution < -0.4 is 5.32 Å². The molecule has 4 aromatic rings. The number of nitrogens with zero attached hydrogens (tertiary/aromatic N) is 7. The third-order valence-corrected chi connectivity index (χ3v) is 3.95. The van der Waals surface area contributed by atoms with Crippen molar-refractivity contribution in [2.45, 2.75) is 19.4 Å². The monoisotopic (exact) mass is 376 g/mol. The van der Waals surface area contributed by atoms with Crippen LogP contribution in [-0.2, 0) is 17.8 Å². The molecule has 0 aliphatic heterocycles. The van der Waals surface area contributed by atoms with E-state index in [1.807, 2.05) is 6.07 Å². The van der Waals surface area contributed by atoms with Crippen molar-refractivity contribution in [2.75, 3.05) is 0 Å². The number of nitrogens with one attached hydrogen (secondary N) is 1. The fourth-order valence-electron chi connectivity index (χ4n) is 2.57. The van der Waals surface area contributed by atoms with Gasteiger partial charge in [0, 0.05) is 49.1 Å². The van der Waals surface area contributed by atoms with Crippen molar-refractivity contribution in [3.63, 3.8) is 0 Å². The molecule has 0 radical (unpaired) electrons. The summed E-state index contributed by atoms with van der Waals surface area (Å²) in [4.78, 5) is 28.7. The van der Waals surface area contributed by atoms with Crippen molar-refractivity contribution in [3.8, 4) is 17.2 Å². The molecule has 10 nitrogen and oxygen atoms in total. The third-order valence-electron chi connectivity index (χ3n) is 3.95. The molecule has 0 aliphatic rings. The summed E-state index contributed by atoms with van der Waals surface area (Å²) >= 11 is 0. The Morgan fingerprint density at radius 3 is 2.86 bits per heavy atom. The Morgan fingerprint density at radius 1 is 1.14 bits per heavy atom. The molecule has 0 atom stereocenters. The molecule has 28 heavy (non-hydrogen) atoms. The van der Waals surface area contributed by atoms with Gasteiger partial charge in [-0.25, -0.2) is 14.6 Å². The van der Waals surface area contributed by atoms with E-state index >= 15 is 0 Å². The van der Waals surface area contributed by atoms with Crippen molar-refractivity contribution >= 4 is 5.91 Å². The van der Waals surface area contributed by atoms with Crippen LogP contribution >= 0.6 is 0 Å². The maximum atomic E-state index is 12.2. The number of rotatable bonds is 7. The molecule has 4 rings (SSSR count). The van der Waals surface area contributed by atoms with Crippen LogP contribution in [0.2, 0.25) is 0 Å². The van der Waals surface area contributed by atoms with Gasteiger partial charge in [0.25, 0.3) is 0 Å². The van der Waals surface area contributed by atoms with Gasteiger partial charge in [-0.1, -0.05) is 11.2 Å². The van der Waals surface area contributed by atoms with Crippen molar-refractivity contribution in [3.05, 3.63) is 67.0 Å². The van der Waals surface area contributed by atoms with Crippen LogP contribution in [0.5, 0.6) is 0 Å². The first-order valence-corrected chi connectivity index (χ1v) is 8.58. The van der Waals surface area contributed by atoms with Gasteiger partial charge >= 0.3 is 0 Å². The number of hydrogen-bond donors (Lipinski definition) is 1. The quantitative estimate of drug-likeness (QED) is 0.512. The maximum Gasteiger partial charge on any atom is 0.227 e. The van der Waals surface area contributed by atoms with Crippen LogP contribution in [0.15, 0.2) is 60.0 Å². The highest BCUT2D eigenvalue weighted by atomic mass is 16.5. The van der Waals surface area contributed by atoms with Crippen LogP contribution in [0.3, 0.4) is 0 Å². The highest BCUT2D eigenvalue weighted by Crippen LogP contribution is 2.14. The second kappa shape index (κ2) is 8.16. The summed E-state index contributed by atoms with van der Waals surface area (Å²) in [6.45, 7) is 0.327. The Hall–Kier alpha value is -3.95. The Bertz CT molecular complexity index is 1050. The highest BCUT2D eigenvalue weighted by molar-refractivity contribution is 5.76. The van der Waals surface area contributed by atoms with E-state index in [1.165, 1.54) is 6.33 Å². The molecule has 1 amide bonds. The van der Waals surface area contributed by atoms with Gasteiger partial charge in [0.1, 0.15) is 12.7 Å². The Balaban J connectivity index is 1.32. The minimum atomic E-state index is -0.128. The Kier molecular flexibility index (Phi) is 5.09. The normalized spacial score (nSPS) is 10.7. The van der Waals surface area contributed by atoms with Crippen molar-refractivity contribution in [1.82, 2.24) is 40.2 Å². The molecule has 0 saturated carbocycles. The minimum absolute atomic E-state index is 0.128. The number of carbonyl (C=O) groups excluding carboxylic acids is 1. The largest absolute Gasteiger partial charge is 0.352 e. The van der Waals surface area contributed by atoms with Crippen LogP contribution in [0.1, 0.15) is 17.9 Å². The standard InChI is InChI=1S/C18H16N8O2/c27-15(3-4-16-24-17(25-28-16)13-5-8-19-9-6-13)22-10-14-2-1-7-21-18(14)26-12-20-11-23-26/h1-2,5-9,11-12H,3-4,10H2,(H,22,27). The van der Waals surface area contributed by atoms with E-state index in [1.54, 1.807) is 47.8 Å². The Morgan fingerprint density at radius 2 is 2.04 bits per heavy atom. The fourth-order valence-corrected chi connectivity index (χ4v) is 2.57. The van der Waals surface area contributed by atoms with E-state index in [4.69, 9.17) is 4.52 Å². The lowest BCUT2D eigenvalue weighted by molar-refractivity contribution is -0.121. The number of aromatic nitrogens is 7. The van der Waals surface area contributed by atoms with Crippen molar-refractivity contribution < 1.29 is 9.32 Å². The molecule has 0 spiro atoms. The van der Waals surface area contributed by atoms with Gasteiger partial charge in [-0.3, -0.25) is 9.78 Å². The number of pyridine rings is 2. The van der Waals surface area contributed by atoms with E-state index in [2.05, 4.69) is 35.5 Å². The van der Waals surface area contributed by atoms with Gasteiger partial charge in [-0.05, 0) is 18.2 Å². The molecule has 0 bridgehead atoms. The molecule has 0 saturated heterocycles. The van der Waals surface area contributed by atoms with Crippen LogP contribution in [0, 0.1) is 0 Å². The topological polar surface area (TPSA) is 125 Å². The summed E-state index contributed by atoms with van der Waals surface area (Å²) in [6, 6.07) is 7.27. The van der Waals surface area contributed by atoms with Gasteiger partial charge in [-0.2, -0.15) is 10.1 Å². The maximum absolute atomic E-state index is 12.2. The molecule has 1 N–H and O–H groups in total. The van der Waals surface area contributed by atoms with Gasteiger partial charge in [-0.15, -0.1) is 0 Å². The summed E-state index contributed by atoms with van der Waals surface area (Å²) in [7, 11) is 0. The summed E-state index contributed by atoms with van der Waals surface area (Å²) < 4.78 is 6.77. The lowest BCUT2D eigenvalue weighted by atomic mass is 10.2. The molecule has 0 aliphatic carbocycles. The van der Waals surface area contributed by atoms with E-state index in [0.29, 0.717) is 30.5 Å². The number of carbonyl (C=O) groups is 1. The SMILES string of the molecule is O=C(CCc1nc(-c2ccncc2)no1)NCc1cccnc1-n1cncn1. The van der Waals surface area contributed by atoms with E-state index < -0.39 is 0 Å². The van der Waals surface area contributed by atoms with Crippen LogP contribution in [0.4, 0.5) is 0 Å². The zero-order valence-corrected chi connectivity index (χ0v) is 14.8.